The average molecular weight is 2060 g/mol. The van der Waals surface area contributed by atoms with Crippen LogP contribution in [0.4, 0.5) is 0 Å². The van der Waals surface area contributed by atoms with Gasteiger partial charge in [-0.2, -0.15) is 40.8 Å². The van der Waals surface area contributed by atoms with E-state index in [9.17, 15) is 4.79 Å². The molecular weight excluding hydrogens is 1930 g/mol. The molecule has 10 aliphatic rings. The van der Waals surface area contributed by atoms with Gasteiger partial charge in [-0.3, -0.25) is 33.3 Å². The number of ether oxygens (including phenoxy) is 4. The van der Waals surface area contributed by atoms with Crippen LogP contribution in [0.5, 0.6) is 0 Å². The van der Waals surface area contributed by atoms with Crippen LogP contribution in [-0.4, -0.2) is 234 Å². The number of piperidine rings is 3. The predicted molar refractivity (Wildman–Crippen MR) is 541 cm³/mol. The van der Waals surface area contributed by atoms with Gasteiger partial charge in [-0.05, 0) is 243 Å². The van der Waals surface area contributed by atoms with Crippen LogP contribution in [0.25, 0.3) is 71.2 Å². The van der Waals surface area contributed by atoms with Crippen LogP contribution in [-0.2, 0) is 51.9 Å². The summed E-state index contributed by atoms with van der Waals surface area (Å²) in [6, 6.07) is 18.4. The van der Waals surface area contributed by atoms with Crippen molar-refractivity contribution in [1.29, 1.82) is 0 Å². The molecule has 0 radical (unpaired) electrons. The molecule has 0 unspecified atom stereocenters. The zero-order valence-corrected chi connectivity index (χ0v) is 87.4. The van der Waals surface area contributed by atoms with Gasteiger partial charge in [0, 0.05) is 112 Å². The second kappa shape index (κ2) is 49.0. The van der Waals surface area contributed by atoms with E-state index in [2.05, 4.69) is 173 Å². The summed E-state index contributed by atoms with van der Waals surface area (Å²) in [5.74, 6) is 4.65. The Labute approximate surface area is 846 Å². The monoisotopic (exact) mass is 2060 g/mol. The maximum atomic E-state index is 9.77. The van der Waals surface area contributed by atoms with E-state index in [0.29, 0.717) is 68.2 Å². The number of alkyl halides is 1. The molecule has 7 aliphatic heterocycles. The smallest absolute Gasteiger partial charge is 1.00 e. The molecule has 133 heavy (non-hydrogen) atoms. The van der Waals surface area contributed by atoms with E-state index >= 15 is 0 Å². The van der Waals surface area contributed by atoms with Crippen molar-refractivity contribution in [3.05, 3.63) is 184 Å². The van der Waals surface area contributed by atoms with Crippen molar-refractivity contribution in [1.82, 2.24) is 93.4 Å². The summed E-state index contributed by atoms with van der Waals surface area (Å²) in [6.45, 7) is 32.1. The molecule has 12 aromatic rings. The van der Waals surface area contributed by atoms with Crippen LogP contribution in [0, 0.1) is 31.8 Å². The van der Waals surface area contributed by atoms with Crippen molar-refractivity contribution in [3.8, 4) is 22.7 Å². The Morgan fingerprint density at radius 2 is 0.812 bits per heavy atom. The van der Waals surface area contributed by atoms with Crippen molar-refractivity contribution in [2.75, 3.05) is 72.5 Å². The molecule has 26 nitrogen and oxygen atoms in total. The molecule has 7 saturated heterocycles. The molecule has 4 aromatic carbocycles. The van der Waals surface area contributed by atoms with Crippen LogP contribution in [0.3, 0.4) is 0 Å². The van der Waals surface area contributed by atoms with Gasteiger partial charge in [0.1, 0.15) is 49.2 Å². The van der Waals surface area contributed by atoms with Crippen LogP contribution in [0.15, 0.2) is 123 Å². The Morgan fingerprint density at radius 3 is 1.08 bits per heavy atom. The standard InChI is InChI=1S/C21H23ClN6O.C21H26ClN5O.C18H21ClN4.C17H20ClN5.C7H13I.C7H14O.C4H8O.C3H4O2.CH3.2ClH.Mg/c1-14-6-15(4-5-27(14)21(23-2)12-29-13-21)18-8-20-16(7-19(18)22)9-25-28(20)17-10-24-26(3)11-17;1-14-6-15(4-5-26(14)21(2)12-28-13-21)18-8-20-16(7-19(18)22)9-24-27(20)17-10-23-25(3)11-17;1-12-4-3-5-13(6-12)16-8-18-14(7-17(16)19)9-21-23(18)15-10-20-22(2)11-15;1-11-5-12(3-4-19-11)15-7-17-13(6-16(15)18)8-21-23(17)14-9-20-22(2)10-14;2*1-6-3-2-4-7(8)5-6;1-2-4-5-3-1;4-3-1-5-2-3;;;;/h7-11,14-15H,4-6,12-13H2,1,3H3;7-11,14-15H,4-6,12-13H2,1-3H3;7-13H,3-6H2,1-2H3;6-12,19H,3-5H2,1-2H3;6-7H,2-5H2,1H3;6-8H,2-5H2,1H3;1-4H2;1-2H2;1H3;2*1H;/q;;;;;;;;-1;;;+2/p-1/t2*14-,15+;12-,13-;11-,12+;2*6-,7+;;;;;;/m001011....../s1. The summed E-state index contributed by atoms with van der Waals surface area (Å²) >= 11 is 29.2. The Balaban J connectivity index is 0.000000155. The van der Waals surface area contributed by atoms with Gasteiger partial charge in [0.25, 0.3) is 0 Å². The third-order valence-electron chi connectivity index (χ3n) is 27.6. The molecule has 0 bridgehead atoms. The second-order valence-corrected chi connectivity index (χ2v) is 41.6. The fourth-order valence-corrected chi connectivity index (χ4v) is 23.1. The first kappa shape index (κ1) is 107. The van der Waals surface area contributed by atoms with Crippen molar-refractivity contribution in [2.45, 2.75) is 240 Å². The summed E-state index contributed by atoms with van der Waals surface area (Å²) in [6.07, 6.45) is 47.2. The Bertz CT molecular complexity index is 5600. The molecule has 0 amide bonds. The molecule has 2 N–H and O–H groups in total. The van der Waals surface area contributed by atoms with E-state index in [-0.39, 0.29) is 72.7 Å². The minimum Gasteiger partial charge on any atom is -1.00 e. The van der Waals surface area contributed by atoms with Crippen LogP contribution < -0.4 is 17.7 Å². The van der Waals surface area contributed by atoms with Gasteiger partial charge in [0.2, 0.25) is 0 Å². The van der Waals surface area contributed by atoms with Crippen LogP contribution in [0.1, 0.15) is 223 Å². The van der Waals surface area contributed by atoms with Gasteiger partial charge in [0.05, 0.1) is 121 Å². The number of fused-ring (bicyclic) bond motifs is 4. The normalized spacial score (nSPS) is 24.7. The maximum absolute atomic E-state index is 9.77. The van der Waals surface area contributed by atoms with E-state index in [4.69, 9.17) is 72.3 Å². The summed E-state index contributed by atoms with van der Waals surface area (Å²) in [5, 5.41) is 55.3. The van der Waals surface area contributed by atoms with Gasteiger partial charge in [-0.15, -0.1) is 12.4 Å². The first-order chi connectivity index (χ1) is 62.1. The SMILES string of the molecule is C1CCOC1.C[C@@H]1CCC[C@@H](c2cc3c(cnn3-c3cnn(C)c3)cc2Cl)C1.C[C@@H]1CCC[C@H](I)C1.C[C@@H]1CCC[C@H](O)C1.C[C@H]1C[C@H](c2cc3c(cnn3-c3cnn(C)c3)cc2Cl)CCN1.C[C@H]1C[C@H](c2cc3c(cnn3-c3cnn(C)c3)cc2Cl)CCN1C1(C)COC1.Cl.O=C1COC1.[C-]#[N+]C1(N2CC[C@@H](c3cc4c(cnn4-c4cnn(C)c4)cc3Cl)C[C@@H]2C)COC1.[CH3-].[Cl-].[Mg+2]. The van der Waals surface area contributed by atoms with E-state index in [0.717, 1.165) is 211 Å². The number of rotatable bonds is 10. The topological polar surface area (TPSA) is 240 Å². The minimum atomic E-state index is -0.461. The summed E-state index contributed by atoms with van der Waals surface area (Å²) in [7, 11) is 7.64. The van der Waals surface area contributed by atoms with Crippen molar-refractivity contribution in [3.63, 3.8) is 0 Å². The summed E-state index contributed by atoms with van der Waals surface area (Å²) in [5.41, 5.74) is 12.8. The number of aromatic nitrogens is 16. The molecule has 716 valence electrons. The number of aliphatic hydroxyl groups is 1. The third kappa shape index (κ3) is 26.4. The first-order valence-electron chi connectivity index (χ1n) is 46.6. The average Bonchev–Trinajstić information content (AvgIpc) is 1.70. The van der Waals surface area contributed by atoms with Gasteiger partial charge < -0.3 is 49.2 Å². The maximum Gasteiger partial charge on any atom is 2.00 e. The van der Waals surface area contributed by atoms with E-state index < -0.39 is 5.66 Å². The second-order valence-electron chi connectivity index (χ2n) is 38.2. The fraction of sp³-hybridized carbons (Fsp3) is 0.566. The van der Waals surface area contributed by atoms with Crippen molar-refractivity contribution >= 4 is 154 Å². The first-order valence-corrected chi connectivity index (χ1v) is 49.4. The predicted octanol–water partition coefficient (Wildman–Crippen LogP) is 17.8. The molecular formula is C99H133Cl6IMgN20O6. The largest absolute Gasteiger partial charge is 2.00 e. The van der Waals surface area contributed by atoms with E-state index in [1.54, 1.807) is 18.7 Å². The van der Waals surface area contributed by atoms with E-state index in [1.165, 1.54) is 93.7 Å². The number of aryl methyl sites for hydroxylation is 4. The number of hydrogen-bond acceptors (Lipinski definition) is 17. The molecule has 22 rings (SSSR count). The Kier molecular flexibility index (Phi) is 39.5. The number of nitrogens with one attached hydrogen (secondary N) is 1. The molecule has 12 atom stereocenters. The Hall–Kier alpha value is -6.32. The van der Waals surface area contributed by atoms with Gasteiger partial charge in [-0.25, -0.2) is 30.2 Å². The summed E-state index contributed by atoms with van der Waals surface area (Å²) < 4.78 is 36.2. The molecule has 0 spiro atoms. The number of hydrogen-bond donors (Lipinski definition) is 2. The number of Topliss-reactive ketones (excluding diaryl/α,β-unsaturated/α-hetero) is 1. The van der Waals surface area contributed by atoms with Gasteiger partial charge in [0.15, 0.2) is 5.78 Å². The number of carbonyl (C=O) groups excluding carboxylic acids is 1. The number of benzene rings is 4. The molecule has 34 heteroatoms. The summed E-state index contributed by atoms with van der Waals surface area (Å²) in [4.78, 5) is 18.6. The molecule has 3 aliphatic carbocycles. The third-order valence-corrected chi connectivity index (χ3v) is 30.1. The number of aliphatic hydroxyl groups excluding tert-OH is 1. The van der Waals surface area contributed by atoms with Gasteiger partial charge in [-0.1, -0.05) is 128 Å². The molecule has 15 heterocycles. The number of nitrogens with zero attached hydrogens (tertiary/aromatic N) is 19. The zero-order chi connectivity index (χ0) is 90.8. The molecule has 3 saturated carbocycles. The quantitative estimate of drug-likeness (QED) is 0.0560. The number of ketones is 1. The minimum absolute atomic E-state index is 0. The zero-order valence-electron chi connectivity index (χ0n) is 79.3. The number of halogens is 7. The fourth-order valence-electron chi connectivity index (χ4n) is 20.5. The number of likely N-dealkylation sites (tertiary alicyclic amines) is 2. The Morgan fingerprint density at radius 1 is 0.451 bits per heavy atom. The number of carbonyl (C=O) groups is 1. The molecule has 10 fully saturated rings. The van der Waals surface area contributed by atoms with Gasteiger partial charge >= 0.3 is 28.7 Å². The van der Waals surface area contributed by atoms with Crippen molar-refractivity contribution in [2.24, 2.45) is 45.9 Å². The van der Waals surface area contributed by atoms with E-state index in [1.807, 2.05) is 133 Å². The van der Waals surface area contributed by atoms with Crippen molar-refractivity contribution < 1.29 is 41.3 Å². The molecule has 8 aromatic heterocycles. The van der Waals surface area contributed by atoms with Crippen LogP contribution >= 0.6 is 81.4 Å². The van der Waals surface area contributed by atoms with Crippen LogP contribution in [0.2, 0.25) is 20.1 Å².